The fourth-order valence-corrected chi connectivity index (χ4v) is 0.856. The SMILES string of the molecule is CNC(=O)COc1ccc(C)cc1. The zero-order valence-electron chi connectivity index (χ0n) is 7.83. The predicted molar refractivity (Wildman–Crippen MR) is 50.7 cm³/mol. The van der Waals surface area contributed by atoms with Crippen LogP contribution in [0.1, 0.15) is 5.56 Å². The fourth-order valence-electron chi connectivity index (χ4n) is 0.856. The predicted octanol–water partition coefficient (Wildman–Crippen LogP) is 1.12. The third kappa shape index (κ3) is 3.15. The molecular weight excluding hydrogens is 166 g/mol. The van der Waals surface area contributed by atoms with Crippen LogP contribution in [-0.2, 0) is 4.79 Å². The molecule has 1 amide bonds. The molecule has 0 saturated heterocycles. The third-order valence-corrected chi connectivity index (χ3v) is 1.67. The smallest absolute Gasteiger partial charge is 0.257 e. The van der Waals surface area contributed by atoms with Crippen LogP contribution in [0.25, 0.3) is 0 Å². The average Bonchev–Trinajstić information content (AvgIpc) is 2.16. The molecule has 0 aliphatic heterocycles. The summed E-state index contributed by atoms with van der Waals surface area (Å²) < 4.78 is 5.20. The summed E-state index contributed by atoms with van der Waals surface area (Å²) in [4.78, 5) is 10.8. The second kappa shape index (κ2) is 4.50. The molecule has 0 fully saturated rings. The highest BCUT2D eigenvalue weighted by atomic mass is 16.5. The Morgan fingerprint density at radius 3 is 2.54 bits per heavy atom. The minimum absolute atomic E-state index is 0.0690. The van der Waals surface area contributed by atoms with E-state index in [0.29, 0.717) is 5.75 Å². The number of benzene rings is 1. The highest BCUT2D eigenvalue weighted by Crippen LogP contribution is 2.10. The van der Waals surface area contributed by atoms with Crippen molar-refractivity contribution >= 4 is 5.91 Å². The Kier molecular flexibility index (Phi) is 3.31. The molecule has 1 N–H and O–H groups in total. The maximum Gasteiger partial charge on any atom is 0.257 e. The molecule has 0 aliphatic carbocycles. The van der Waals surface area contributed by atoms with E-state index in [-0.39, 0.29) is 12.5 Å². The molecular formula is C10H13NO2. The van der Waals surface area contributed by atoms with Crippen LogP contribution < -0.4 is 10.1 Å². The topological polar surface area (TPSA) is 38.3 Å². The lowest BCUT2D eigenvalue weighted by molar-refractivity contribution is -0.122. The zero-order valence-corrected chi connectivity index (χ0v) is 7.83. The van der Waals surface area contributed by atoms with Gasteiger partial charge in [0, 0.05) is 7.05 Å². The summed E-state index contributed by atoms with van der Waals surface area (Å²) in [6.45, 7) is 2.07. The Bertz CT molecular complexity index is 279. The molecule has 0 heterocycles. The Balaban J connectivity index is 2.46. The first kappa shape index (κ1) is 9.58. The van der Waals surface area contributed by atoms with Crippen molar-refractivity contribution in [1.29, 1.82) is 0 Å². The molecule has 1 aromatic carbocycles. The lowest BCUT2D eigenvalue weighted by Gasteiger charge is -2.04. The molecule has 0 atom stereocenters. The zero-order chi connectivity index (χ0) is 9.68. The van der Waals surface area contributed by atoms with Crippen LogP contribution in [0.4, 0.5) is 0 Å². The van der Waals surface area contributed by atoms with Crippen molar-refractivity contribution in [1.82, 2.24) is 5.32 Å². The molecule has 0 bridgehead atoms. The molecule has 70 valence electrons. The third-order valence-electron chi connectivity index (χ3n) is 1.67. The molecule has 0 spiro atoms. The van der Waals surface area contributed by atoms with E-state index in [4.69, 9.17) is 4.74 Å². The summed E-state index contributed by atoms with van der Waals surface area (Å²) in [6, 6.07) is 7.58. The lowest BCUT2D eigenvalue weighted by atomic mass is 10.2. The number of carbonyl (C=O) groups excluding carboxylic acids is 1. The number of hydrogen-bond acceptors (Lipinski definition) is 2. The van der Waals surface area contributed by atoms with Crippen LogP contribution in [-0.4, -0.2) is 19.6 Å². The van der Waals surface area contributed by atoms with Gasteiger partial charge in [0.25, 0.3) is 5.91 Å². The van der Waals surface area contributed by atoms with Crippen molar-refractivity contribution in [2.75, 3.05) is 13.7 Å². The maximum absolute atomic E-state index is 10.8. The first-order valence-electron chi connectivity index (χ1n) is 4.12. The number of carbonyl (C=O) groups is 1. The van der Waals surface area contributed by atoms with E-state index >= 15 is 0 Å². The molecule has 0 radical (unpaired) electrons. The lowest BCUT2D eigenvalue weighted by Crippen LogP contribution is -2.24. The summed E-state index contributed by atoms with van der Waals surface area (Å²) in [5.41, 5.74) is 1.17. The summed E-state index contributed by atoms with van der Waals surface area (Å²) in [6.07, 6.45) is 0. The summed E-state index contributed by atoms with van der Waals surface area (Å²) >= 11 is 0. The molecule has 0 aliphatic rings. The number of likely N-dealkylation sites (N-methyl/N-ethyl adjacent to an activating group) is 1. The molecule has 1 aromatic rings. The van der Waals surface area contributed by atoms with Crippen LogP contribution >= 0.6 is 0 Å². The fraction of sp³-hybridized carbons (Fsp3) is 0.300. The highest BCUT2D eigenvalue weighted by molar-refractivity contribution is 5.77. The standard InChI is InChI=1S/C10H13NO2/c1-8-3-5-9(6-4-8)13-7-10(12)11-2/h3-6H,7H2,1-2H3,(H,11,12). The molecule has 0 aromatic heterocycles. The van der Waals surface area contributed by atoms with E-state index in [1.54, 1.807) is 7.05 Å². The van der Waals surface area contributed by atoms with E-state index in [1.165, 1.54) is 5.56 Å². The van der Waals surface area contributed by atoms with Gasteiger partial charge in [0.15, 0.2) is 6.61 Å². The van der Waals surface area contributed by atoms with Crippen molar-refractivity contribution in [3.05, 3.63) is 29.8 Å². The Hall–Kier alpha value is -1.51. The van der Waals surface area contributed by atoms with Gasteiger partial charge in [0.1, 0.15) is 5.75 Å². The van der Waals surface area contributed by atoms with Gasteiger partial charge in [-0.3, -0.25) is 4.79 Å². The van der Waals surface area contributed by atoms with Crippen molar-refractivity contribution in [2.24, 2.45) is 0 Å². The summed E-state index contributed by atoms with van der Waals surface area (Å²) in [5.74, 6) is 0.592. The second-order valence-electron chi connectivity index (χ2n) is 2.77. The van der Waals surface area contributed by atoms with Gasteiger partial charge in [-0.05, 0) is 19.1 Å². The number of hydrogen-bond donors (Lipinski definition) is 1. The first-order valence-corrected chi connectivity index (χ1v) is 4.12. The highest BCUT2D eigenvalue weighted by Gasteiger charge is 1.98. The van der Waals surface area contributed by atoms with Crippen molar-refractivity contribution in [2.45, 2.75) is 6.92 Å². The normalized spacial score (nSPS) is 9.38. The number of nitrogens with one attached hydrogen (secondary N) is 1. The first-order chi connectivity index (χ1) is 6.22. The Morgan fingerprint density at radius 1 is 1.38 bits per heavy atom. The van der Waals surface area contributed by atoms with Crippen molar-refractivity contribution < 1.29 is 9.53 Å². The molecule has 0 saturated carbocycles. The Labute approximate surface area is 77.7 Å². The van der Waals surface area contributed by atoms with E-state index in [2.05, 4.69) is 5.32 Å². The Morgan fingerprint density at radius 2 is 2.00 bits per heavy atom. The van der Waals surface area contributed by atoms with E-state index in [1.807, 2.05) is 31.2 Å². The van der Waals surface area contributed by atoms with E-state index in [0.717, 1.165) is 0 Å². The maximum atomic E-state index is 10.8. The van der Waals surface area contributed by atoms with Gasteiger partial charge in [-0.1, -0.05) is 17.7 Å². The minimum atomic E-state index is -0.124. The van der Waals surface area contributed by atoms with Crippen molar-refractivity contribution in [3.63, 3.8) is 0 Å². The molecule has 3 nitrogen and oxygen atoms in total. The quantitative estimate of drug-likeness (QED) is 0.755. The number of aryl methyl sites for hydroxylation is 1. The van der Waals surface area contributed by atoms with Crippen LogP contribution in [0.15, 0.2) is 24.3 Å². The van der Waals surface area contributed by atoms with E-state index < -0.39 is 0 Å². The van der Waals surface area contributed by atoms with Crippen LogP contribution in [0.5, 0.6) is 5.75 Å². The van der Waals surface area contributed by atoms with Crippen LogP contribution in [0, 0.1) is 6.92 Å². The van der Waals surface area contributed by atoms with Gasteiger partial charge in [-0.25, -0.2) is 0 Å². The van der Waals surface area contributed by atoms with Gasteiger partial charge in [0.05, 0.1) is 0 Å². The van der Waals surface area contributed by atoms with Gasteiger partial charge >= 0.3 is 0 Å². The molecule has 3 heteroatoms. The molecule has 13 heavy (non-hydrogen) atoms. The largest absolute Gasteiger partial charge is 0.484 e. The van der Waals surface area contributed by atoms with Gasteiger partial charge in [0.2, 0.25) is 0 Å². The summed E-state index contributed by atoms with van der Waals surface area (Å²) in [7, 11) is 1.58. The van der Waals surface area contributed by atoms with Gasteiger partial charge in [-0.2, -0.15) is 0 Å². The number of amides is 1. The van der Waals surface area contributed by atoms with Crippen LogP contribution in [0.3, 0.4) is 0 Å². The second-order valence-corrected chi connectivity index (χ2v) is 2.77. The van der Waals surface area contributed by atoms with E-state index in [9.17, 15) is 4.79 Å². The van der Waals surface area contributed by atoms with Crippen molar-refractivity contribution in [3.8, 4) is 5.75 Å². The summed E-state index contributed by atoms with van der Waals surface area (Å²) in [5, 5.41) is 2.48. The molecule has 1 rings (SSSR count). The monoisotopic (exact) mass is 179 g/mol. The molecule has 0 unspecified atom stereocenters. The number of ether oxygens (including phenoxy) is 1. The number of rotatable bonds is 3. The van der Waals surface area contributed by atoms with Gasteiger partial charge in [-0.15, -0.1) is 0 Å². The van der Waals surface area contributed by atoms with Gasteiger partial charge < -0.3 is 10.1 Å². The minimum Gasteiger partial charge on any atom is -0.484 e. The van der Waals surface area contributed by atoms with Crippen LogP contribution in [0.2, 0.25) is 0 Å². The average molecular weight is 179 g/mol.